The van der Waals surface area contributed by atoms with Crippen LogP contribution in [0.1, 0.15) is 6.42 Å². The highest BCUT2D eigenvalue weighted by Crippen LogP contribution is 1.94. The summed E-state index contributed by atoms with van der Waals surface area (Å²) in [4.78, 5) is 23.2. The molecule has 0 fully saturated rings. The van der Waals surface area contributed by atoms with Crippen molar-refractivity contribution in [2.24, 2.45) is 0 Å². The zero-order chi connectivity index (χ0) is 12.6. The summed E-state index contributed by atoms with van der Waals surface area (Å²) in [7, 11) is 1.67. The molecule has 6 nitrogen and oxygen atoms in total. The van der Waals surface area contributed by atoms with Crippen LogP contribution in [0, 0.1) is 0 Å². The lowest BCUT2D eigenvalue weighted by molar-refractivity contribution is -0.146. The van der Waals surface area contributed by atoms with Crippen molar-refractivity contribution < 1.29 is 19.8 Å². The van der Waals surface area contributed by atoms with Crippen LogP contribution in [0.3, 0.4) is 0 Å². The van der Waals surface area contributed by atoms with Gasteiger partial charge in [-0.05, 0) is 6.26 Å². The second kappa shape index (κ2) is 8.23. The van der Waals surface area contributed by atoms with Gasteiger partial charge in [0.25, 0.3) is 0 Å². The minimum absolute atomic E-state index is 0.0114. The fourth-order valence-corrected chi connectivity index (χ4v) is 1.36. The summed E-state index contributed by atoms with van der Waals surface area (Å²) in [5.74, 6) is -0.424. The normalized spacial score (nSPS) is 11.9. The number of carbonyl (C=O) groups excluding carboxylic acids is 1. The fourth-order valence-electron chi connectivity index (χ4n) is 0.904. The Kier molecular flexibility index (Phi) is 7.74. The number of carboxylic acid groups (broad SMARTS) is 1. The summed E-state index contributed by atoms with van der Waals surface area (Å²) in [6.45, 7) is 0.782. The van der Waals surface area contributed by atoms with E-state index in [0.717, 1.165) is 5.75 Å². The van der Waals surface area contributed by atoms with Crippen LogP contribution < -0.4 is 5.32 Å². The second-order valence-corrected chi connectivity index (χ2v) is 4.27. The van der Waals surface area contributed by atoms with E-state index in [1.54, 1.807) is 18.8 Å². The smallest absolute Gasteiger partial charge is 0.332 e. The zero-order valence-electron chi connectivity index (χ0n) is 9.47. The van der Waals surface area contributed by atoms with E-state index in [9.17, 15) is 9.59 Å². The maximum atomic E-state index is 11.4. The van der Waals surface area contributed by atoms with Crippen molar-refractivity contribution in [2.45, 2.75) is 12.5 Å². The summed E-state index contributed by atoms with van der Waals surface area (Å²) >= 11 is 1.64. The number of thioether (sulfide) groups is 1. The van der Waals surface area contributed by atoms with Crippen molar-refractivity contribution in [2.75, 3.05) is 32.1 Å². The largest absolute Gasteiger partial charge is 0.479 e. The predicted octanol–water partition coefficient (Wildman–Crippen LogP) is -0.174. The van der Waals surface area contributed by atoms with Gasteiger partial charge in [-0.2, -0.15) is 11.8 Å². The molecule has 2 amide bonds. The van der Waals surface area contributed by atoms with Gasteiger partial charge >= 0.3 is 12.0 Å². The Morgan fingerprint density at radius 1 is 1.50 bits per heavy atom. The molecule has 0 aromatic rings. The van der Waals surface area contributed by atoms with E-state index in [4.69, 9.17) is 10.2 Å². The van der Waals surface area contributed by atoms with Crippen LogP contribution in [-0.2, 0) is 4.79 Å². The van der Waals surface area contributed by atoms with E-state index in [2.05, 4.69) is 5.32 Å². The lowest BCUT2D eigenvalue weighted by Gasteiger charge is -2.17. The molecule has 0 saturated heterocycles. The third-order valence-corrected chi connectivity index (χ3v) is 2.55. The number of hydrogen-bond donors (Lipinski definition) is 3. The average Bonchev–Trinajstić information content (AvgIpc) is 2.25. The van der Waals surface area contributed by atoms with Crippen molar-refractivity contribution in [3.63, 3.8) is 0 Å². The number of rotatable bonds is 7. The van der Waals surface area contributed by atoms with Crippen molar-refractivity contribution in [1.29, 1.82) is 0 Å². The molecule has 1 atom stereocenters. The summed E-state index contributed by atoms with van der Waals surface area (Å²) < 4.78 is 0. The topological polar surface area (TPSA) is 89.9 Å². The standard InChI is InChI=1S/C9H18N2O4S/c1-11(5-6-16-2)9(15)10-4-3-7(12)8(13)14/h7,12H,3-6H2,1-2H3,(H,10,15)(H,13,14)/t7-/m0/s1. The van der Waals surface area contributed by atoms with Gasteiger partial charge < -0.3 is 20.4 Å². The Morgan fingerprint density at radius 2 is 2.12 bits per heavy atom. The van der Waals surface area contributed by atoms with Crippen LogP contribution in [-0.4, -0.2) is 65.4 Å². The molecule has 16 heavy (non-hydrogen) atoms. The van der Waals surface area contributed by atoms with Crippen LogP contribution in [0.4, 0.5) is 4.79 Å². The van der Waals surface area contributed by atoms with Crippen LogP contribution in [0.25, 0.3) is 0 Å². The minimum Gasteiger partial charge on any atom is -0.479 e. The third-order valence-electron chi connectivity index (χ3n) is 1.96. The number of hydrogen-bond acceptors (Lipinski definition) is 4. The molecular formula is C9H18N2O4S. The lowest BCUT2D eigenvalue weighted by atomic mass is 10.2. The Bertz CT molecular complexity index is 238. The number of aliphatic carboxylic acids is 1. The number of carbonyl (C=O) groups is 2. The molecule has 0 aromatic heterocycles. The highest BCUT2D eigenvalue weighted by Gasteiger charge is 2.13. The predicted molar refractivity (Wildman–Crippen MR) is 62.7 cm³/mol. The molecule has 0 unspecified atom stereocenters. The lowest BCUT2D eigenvalue weighted by Crippen LogP contribution is -2.40. The number of nitrogens with zero attached hydrogens (tertiary/aromatic N) is 1. The molecular weight excluding hydrogens is 232 g/mol. The Hall–Kier alpha value is -0.950. The highest BCUT2D eigenvalue weighted by molar-refractivity contribution is 7.98. The van der Waals surface area contributed by atoms with Crippen molar-refractivity contribution in [1.82, 2.24) is 10.2 Å². The van der Waals surface area contributed by atoms with Crippen LogP contribution in [0.5, 0.6) is 0 Å². The van der Waals surface area contributed by atoms with E-state index in [-0.39, 0.29) is 19.0 Å². The molecule has 0 aliphatic carbocycles. The van der Waals surface area contributed by atoms with Crippen molar-refractivity contribution in [3.8, 4) is 0 Å². The van der Waals surface area contributed by atoms with E-state index >= 15 is 0 Å². The van der Waals surface area contributed by atoms with Crippen LogP contribution >= 0.6 is 11.8 Å². The molecule has 94 valence electrons. The zero-order valence-corrected chi connectivity index (χ0v) is 10.3. The van der Waals surface area contributed by atoms with Gasteiger partial charge in [-0.15, -0.1) is 0 Å². The number of amides is 2. The van der Waals surface area contributed by atoms with Gasteiger partial charge in [0.05, 0.1) is 0 Å². The molecule has 7 heteroatoms. The Morgan fingerprint density at radius 3 is 2.62 bits per heavy atom. The van der Waals surface area contributed by atoms with E-state index in [1.807, 2.05) is 6.26 Å². The van der Waals surface area contributed by atoms with Gasteiger partial charge in [-0.3, -0.25) is 0 Å². The fraction of sp³-hybridized carbons (Fsp3) is 0.778. The van der Waals surface area contributed by atoms with E-state index in [1.165, 1.54) is 4.90 Å². The van der Waals surface area contributed by atoms with E-state index < -0.39 is 12.1 Å². The number of urea groups is 1. The second-order valence-electron chi connectivity index (χ2n) is 3.29. The van der Waals surface area contributed by atoms with Gasteiger partial charge in [0, 0.05) is 32.3 Å². The van der Waals surface area contributed by atoms with Gasteiger partial charge in [0.2, 0.25) is 0 Å². The van der Waals surface area contributed by atoms with Crippen LogP contribution in [0.15, 0.2) is 0 Å². The first-order valence-corrected chi connectivity index (χ1v) is 6.27. The van der Waals surface area contributed by atoms with Gasteiger partial charge in [-0.25, -0.2) is 9.59 Å². The molecule has 0 aromatic carbocycles. The molecule has 0 saturated carbocycles. The molecule has 0 aliphatic heterocycles. The molecule has 0 rings (SSSR count). The first kappa shape index (κ1) is 15.0. The number of carboxylic acids is 1. The maximum absolute atomic E-state index is 11.4. The van der Waals surface area contributed by atoms with E-state index in [0.29, 0.717) is 6.54 Å². The van der Waals surface area contributed by atoms with Crippen molar-refractivity contribution in [3.05, 3.63) is 0 Å². The molecule has 0 bridgehead atoms. The quantitative estimate of drug-likeness (QED) is 0.583. The summed E-state index contributed by atoms with van der Waals surface area (Å²) in [6.07, 6.45) is 0.545. The molecule has 0 spiro atoms. The SMILES string of the molecule is CSCCN(C)C(=O)NCC[C@H](O)C(=O)O. The molecule has 0 heterocycles. The van der Waals surface area contributed by atoms with Gasteiger partial charge in [0.1, 0.15) is 0 Å². The maximum Gasteiger partial charge on any atom is 0.332 e. The van der Waals surface area contributed by atoms with Gasteiger partial charge in [0.15, 0.2) is 6.10 Å². The minimum atomic E-state index is -1.42. The first-order chi connectivity index (χ1) is 7.49. The monoisotopic (exact) mass is 250 g/mol. The summed E-state index contributed by atoms with van der Waals surface area (Å²) in [6, 6.07) is -0.258. The number of nitrogens with one attached hydrogen (secondary N) is 1. The molecule has 3 N–H and O–H groups in total. The Labute approximate surface area is 99.0 Å². The molecule has 0 aliphatic rings. The first-order valence-electron chi connectivity index (χ1n) is 4.87. The van der Waals surface area contributed by atoms with Crippen molar-refractivity contribution >= 4 is 23.8 Å². The highest BCUT2D eigenvalue weighted by atomic mass is 32.2. The average molecular weight is 250 g/mol. The summed E-state index contributed by atoms with van der Waals surface area (Å²) in [5.41, 5.74) is 0. The third kappa shape index (κ3) is 6.52. The van der Waals surface area contributed by atoms with Gasteiger partial charge in [-0.1, -0.05) is 0 Å². The number of aliphatic hydroxyl groups is 1. The van der Waals surface area contributed by atoms with Crippen LogP contribution in [0.2, 0.25) is 0 Å². The summed E-state index contributed by atoms with van der Waals surface area (Å²) in [5, 5.41) is 19.9. The number of aliphatic hydroxyl groups excluding tert-OH is 1. The Balaban J connectivity index is 3.68. The molecule has 0 radical (unpaired) electrons.